The highest BCUT2D eigenvalue weighted by atomic mass is 32.1. The molecule has 0 spiro atoms. The summed E-state index contributed by atoms with van der Waals surface area (Å²) in [6, 6.07) is 6.30. The van der Waals surface area contributed by atoms with Crippen molar-refractivity contribution in [1.29, 1.82) is 0 Å². The number of alkyl carbamates (subject to hydrolysis) is 1. The number of carboxylic acids is 1. The summed E-state index contributed by atoms with van der Waals surface area (Å²) in [5.74, 6) is -1.85. The number of ether oxygens (including phenoxy) is 2. The first kappa shape index (κ1) is 38.2. The van der Waals surface area contributed by atoms with Gasteiger partial charge in [0, 0.05) is 35.2 Å². The number of amides is 3. The number of allylic oxidation sites excluding steroid dienone is 1. The number of hydrogen-bond acceptors (Lipinski definition) is 10. The molecule has 0 bridgehead atoms. The number of anilines is 1. The van der Waals surface area contributed by atoms with Crippen LogP contribution in [0.1, 0.15) is 102 Å². The first-order valence-electron chi connectivity index (χ1n) is 20.5. The molecule has 14 heteroatoms. The fourth-order valence-corrected chi connectivity index (χ4v) is 9.68. The fraction of sp³-hybridized carbons (Fsp3) is 0.571. The number of carbonyl (C=O) groups is 4. The summed E-state index contributed by atoms with van der Waals surface area (Å²) >= 11 is 1.55. The quantitative estimate of drug-likeness (QED) is 0.176. The van der Waals surface area contributed by atoms with Crippen LogP contribution in [0.4, 0.5) is 9.93 Å². The number of thiazole rings is 1. The molecular formula is C42H52N6O7S. The van der Waals surface area contributed by atoms with Crippen molar-refractivity contribution < 1.29 is 33.8 Å². The third-order valence-electron chi connectivity index (χ3n) is 12.2. The molecule has 4 N–H and O–H groups in total. The first-order chi connectivity index (χ1) is 27.1. The van der Waals surface area contributed by atoms with Crippen molar-refractivity contribution in [3.63, 3.8) is 0 Å². The molecule has 2 aromatic heterocycles. The molecule has 1 saturated heterocycles. The summed E-state index contributed by atoms with van der Waals surface area (Å²) in [6.07, 6.45) is 14.6. The predicted octanol–water partition coefficient (Wildman–Crippen LogP) is 6.89. The molecule has 298 valence electrons. The van der Waals surface area contributed by atoms with Crippen LogP contribution in [-0.4, -0.2) is 86.3 Å². The summed E-state index contributed by atoms with van der Waals surface area (Å²) in [7, 11) is 0. The number of rotatable bonds is 8. The second kappa shape index (κ2) is 16.4. The van der Waals surface area contributed by atoms with E-state index in [4.69, 9.17) is 19.4 Å². The Morgan fingerprint density at radius 1 is 0.964 bits per heavy atom. The number of carboxylic acid groups (broad SMARTS) is 1. The van der Waals surface area contributed by atoms with Crippen molar-refractivity contribution in [1.82, 2.24) is 25.5 Å². The molecule has 2 aliphatic heterocycles. The molecular weight excluding hydrogens is 733 g/mol. The number of pyridine rings is 1. The van der Waals surface area contributed by atoms with Crippen LogP contribution in [0, 0.1) is 12.8 Å². The minimum absolute atomic E-state index is 0.0628. The highest BCUT2D eigenvalue weighted by Gasteiger charge is 2.61. The molecule has 5 aliphatic rings. The lowest BCUT2D eigenvalue weighted by molar-refractivity contribution is -0.145. The van der Waals surface area contributed by atoms with Crippen molar-refractivity contribution in [2.45, 2.75) is 139 Å². The number of carbonyl (C=O) groups excluding carboxylic acids is 3. The molecule has 3 saturated carbocycles. The van der Waals surface area contributed by atoms with Gasteiger partial charge in [-0.15, -0.1) is 11.3 Å². The van der Waals surface area contributed by atoms with Crippen LogP contribution < -0.4 is 20.7 Å². The van der Waals surface area contributed by atoms with Gasteiger partial charge in [-0.1, -0.05) is 43.9 Å². The van der Waals surface area contributed by atoms with E-state index in [1.807, 2.05) is 48.7 Å². The van der Waals surface area contributed by atoms with Crippen molar-refractivity contribution >= 4 is 51.2 Å². The van der Waals surface area contributed by atoms with Gasteiger partial charge < -0.3 is 35.4 Å². The van der Waals surface area contributed by atoms with Crippen molar-refractivity contribution in [3.8, 4) is 17.1 Å². The molecule has 1 aromatic carbocycles. The van der Waals surface area contributed by atoms with Crippen LogP contribution in [-0.2, 0) is 19.1 Å². The molecule has 4 fully saturated rings. The molecule has 3 aliphatic carbocycles. The van der Waals surface area contributed by atoms with Gasteiger partial charge in [-0.25, -0.2) is 19.6 Å². The van der Waals surface area contributed by atoms with Gasteiger partial charge in [0.1, 0.15) is 41.3 Å². The zero-order chi connectivity index (χ0) is 38.8. The van der Waals surface area contributed by atoms with Crippen LogP contribution in [0.2, 0.25) is 0 Å². The summed E-state index contributed by atoms with van der Waals surface area (Å²) in [6.45, 7) is 2.07. The van der Waals surface area contributed by atoms with Crippen LogP contribution in [0.15, 0.2) is 41.8 Å². The van der Waals surface area contributed by atoms with E-state index in [1.165, 1.54) is 17.7 Å². The number of aryl methyl sites for hydroxylation is 1. The van der Waals surface area contributed by atoms with Crippen LogP contribution >= 0.6 is 11.3 Å². The lowest BCUT2D eigenvalue weighted by atomic mass is 10.0. The van der Waals surface area contributed by atoms with Crippen molar-refractivity contribution in [2.24, 2.45) is 5.92 Å². The lowest BCUT2D eigenvalue weighted by Crippen LogP contribution is -2.56. The molecule has 3 amide bonds. The average Bonchev–Trinajstić information content (AvgIpc) is 3.82. The number of nitrogens with one attached hydrogen (secondary N) is 3. The van der Waals surface area contributed by atoms with Crippen LogP contribution in [0.5, 0.6) is 5.75 Å². The van der Waals surface area contributed by atoms with E-state index in [0.717, 1.165) is 85.1 Å². The maximum atomic E-state index is 14.6. The van der Waals surface area contributed by atoms with E-state index in [0.29, 0.717) is 30.3 Å². The zero-order valence-electron chi connectivity index (χ0n) is 32.0. The molecule has 8 rings (SSSR count). The first-order valence-corrected chi connectivity index (χ1v) is 21.3. The maximum absolute atomic E-state index is 14.6. The molecule has 5 atom stereocenters. The Labute approximate surface area is 331 Å². The summed E-state index contributed by atoms with van der Waals surface area (Å²) in [5, 5.41) is 23.2. The molecule has 56 heavy (non-hydrogen) atoms. The number of benzene rings is 1. The Morgan fingerprint density at radius 2 is 1.75 bits per heavy atom. The van der Waals surface area contributed by atoms with E-state index in [-0.39, 0.29) is 31.4 Å². The maximum Gasteiger partial charge on any atom is 0.408 e. The van der Waals surface area contributed by atoms with E-state index in [9.17, 15) is 24.3 Å². The van der Waals surface area contributed by atoms with E-state index in [1.54, 1.807) is 11.3 Å². The number of aliphatic carboxylic acids is 1. The number of hydrogen-bond donors (Lipinski definition) is 4. The smallest absolute Gasteiger partial charge is 0.408 e. The van der Waals surface area contributed by atoms with Gasteiger partial charge in [-0.05, 0) is 88.8 Å². The third kappa shape index (κ3) is 8.35. The fourth-order valence-electron chi connectivity index (χ4n) is 8.90. The summed E-state index contributed by atoms with van der Waals surface area (Å²) in [4.78, 5) is 65.8. The largest absolute Gasteiger partial charge is 0.488 e. The molecule has 0 radical (unpaired) electrons. The predicted molar refractivity (Wildman–Crippen MR) is 213 cm³/mol. The Morgan fingerprint density at radius 3 is 2.55 bits per heavy atom. The SMILES string of the molecule is Cc1ccc2c(O[C@@H]3C[C@H]4C(=O)N[C@]5(C(=O)O)C[C@@H]5/C=C\CCCCC[C@H](NC(=O)OC5CCCC5)C(=O)N4C3)cc(-c3csc(NC4CCCC4)n3)nc2c1. The summed E-state index contributed by atoms with van der Waals surface area (Å²) < 4.78 is 12.5. The Balaban J connectivity index is 1.08. The average molecular weight is 785 g/mol. The highest BCUT2D eigenvalue weighted by Crippen LogP contribution is 2.45. The molecule has 3 aromatic rings. The molecule has 0 unspecified atom stereocenters. The van der Waals surface area contributed by atoms with Crippen LogP contribution in [0.3, 0.4) is 0 Å². The van der Waals surface area contributed by atoms with E-state index in [2.05, 4.69) is 16.0 Å². The zero-order valence-corrected chi connectivity index (χ0v) is 32.8. The normalized spacial score (nSPS) is 28.1. The second-order valence-electron chi connectivity index (χ2n) is 16.3. The minimum atomic E-state index is -1.43. The minimum Gasteiger partial charge on any atom is -0.488 e. The topological polar surface area (TPSA) is 172 Å². The lowest BCUT2D eigenvalue weighted by Gasteiger charge is -2.29. The third-order valence-corrected chi connectivity index (χ3v) is 12.9. The van der Waals surface area contributed by atoms with Gasteiger partial charge in [-0.3, -0.25) is 9.59 Å². The van der Waals surface area contributed by atoms with Crippen LogP contribution in [0.25, 0.3) is 22.3 Å². The highest BCUT2D eigenvalue weighted by molar-refractivity contribution is 7.14. The van der Waals surface area contributed by atoms with E-state index >= 15 is 0 Å². The van der Waals surface area contributed by atoms with Gasteiger partial charge in [0.25, 0.3) is 0 Å². The monoisotopic (exact) mass is 784 g/mol. The van der Waals surface area contributed by atoms with Gasteiger partial charge >= 0.3 is 12.1 Å². The Bertz CT molecular complexity index is 1990. The molecule has 13 nitrogen and oxygen atoms in total. The Hall–Kier alpha value is -4.72. The van der Waals surface area contributed by atoms with Gasteiger partial charge in [-0.2, -0.15) is 0 Å². The van der Waals surface area contributed by atoms with Crippen molar-refractivity contribution in [3.05, 3.63) is 47.4 Å². The van der Waals surface area contributed by atoms with E-state index < -0.39 is 47.6 Å². The second-order valence-corrected chi connectivity index (χ2v) is 17.2. The van der Waals surface area contributed by atoms with Gasteiger partial charge in [0.05, 0.1) is 17.8 Å². The number of aromatic nitrogens is 2. The van der Waals surface area contributed by atoms with Gasteiger partial charge in [0.2, 0.25) is 11.8 Å². The standard InChI is InChI=1S/C42H52N6O7S/c1-25-17-18-30-32(19-25)44-33(34-24-56-40(45-34)43-27-12-7-8-13-27)21-36(30)54-29-20-35-37(49)47-42(39(51)52)22-26(42)11-5-3-2-4-6-16-31(38(50)48(35)23-29)46-41(53)55-28-14-9-10-15-28/h5,11,17-19,21,24,26-29,31,35H,2-4,6-10,12-16,20,22-23H2,1H3,(H,43,45)(H,46,53)(H,47,49)(H,51,52)/b11-5-/t26-,29+,31-,35-,42+/m0/s1. The van der Waals surface area contributed by atoms with Gasteiger partial charge in [0.15, 0.2) is 5.13 Å². The number of nitrogens with zero attached hydrogens (tertiary/aromatic N) is 3. The Kier molecular flexibility index (Phi) is 11.2. The summed E-state index contributed by atoms with van der Waals surface area (Å²) in [5.41, 5.74) is 1.71. The van der Waals surface area contributed by atoms with Crippen molar-refractivity contribution in [2.75, 3.05) is 11.9 Å². The number of fused-ring (bicyclic) bond motifs is 3. The molecule has 4 heterocycles.